The lowest BCUT2D eigenvalue weighted by molar-refractivity contribution is -0.274. The summed E-state index contributed by atoms with van der Waals surface area (Å²) in [7, 11) is 0. The normalized spacial score (nSPS) is 11.4. The maximum atomic E-state index is 12.1. The lowest BCUT2D eigenvalue weighted by Crippen LogP contribution is -2.17. The molecule has 0 aliphatic heterocycles. The van der Waals surface area contributed by atoms with Gasteiger partial charge in [0.05, 0.1) is 11.1 Å². The summed E-state index contributed by atoms with van der Waals surface area (Å²) in [6, 6.07) is 4.17. The molecule has 0 aliphatic rings. The fraction of sp³-hybridized carbons (Fsp3) is 0.538. The van der Waals surface area contributed by atoms with Crippen molar-refractivity contribution >= 4 is 15.9 Å². The van der Waals surface area contributed by atoms with Crippen molar-refractivity contribution in [1.29, 1.82) is 0 Å². The van der Waals surface area contributed by atoms with Crippen LogP contribution in [0.2, 0.25) is 0 Å². The minimum Gasteiger partial charge on any atom is -0.494 e. The van der Waals surface area contributed by atoms with Gasteiger partial charge >= 0.3 is 6.36 Å². The highest BCUT2D eigenvalue weighted by molar-refractivity contribution is 9.10. The van der Waals surface area contributed by atoms with E-state index in [1.807, 2.05) is 0 Å². The summed E-state index contributed by atoms with van der Waals surface area (Å²) in [5.41, 5.74) is 0. The van der Waals surface area contributed by atoms with Gasteiger partial charge in [-0.15, -0.1) is 13.2 Å². The van der Waals surface area contributed by atoms with Gasteiger partial charge in [-0.25, -0.2) is 0 Å². The molecule has 19 heavy (non-hydrogen) atoms. The molecule has 0 saturated heterocycles. The van der Waals surface area contributed by atoms with Crippen LogP contribution in [-0.2, 0) is 0 Å². The van der Waals surface area contributed by atoms with Gasteiger partial charge < -0.3 is 9.47 Å². The van der Waals surface area contributed by atoms with Crippen molar-refractivity contribution in [3.63, 3.8) is 0 Å². The highest BCUT2D eigenvalue weighted by Gasteiger charge is 2.31. The molecule has 0 amide bonds. The zero-order valence-electron chi connectivity index (χ0n) is 10.6. The van der Waals surface area contributed by atoms with Crippen LogP contribution in [0, 0.1) is 0 Å². The van der Waals surface area contributed by atoms with Crippen LogP contribution in [0.3, 0.4) is 0 Å². The van der Waals surface area contributed by atoms with Gasteiger partial charge in [-0.1, -0.05) is 26.2 Å². The third-order valence-electron chi connectivity index (χ3n) is 2.40. The summed E-state index contributed by atoms with van der Waals surface area (Å²) >= 11 is 3.03. The molecule has 0 saturated carbocycles. The highest BCUT2D eigenvalue weighted by atomic mass is 79.9. The van der Waals surface area contributed by atoms with E-state index >= 15 is 0 Å². The predicted octanol–water partition coefficient (Wildman–Crippen LogP) is 5.31. The van der Waals surface area contributed by atoms with Gasteiger partial charge in [0, 0.05) is 0 Å². The molecular weight excluding hydrogens is 325 g/mol. The van der Waals surface area contributed by atoms with E-state index in [2.05, 4.69) is 27.6 Å². The van der Waals surface area contributed by atoms with Crippen molar-refractivity contribution in [3.8, 4) is 11.5 Å². The van der Waals surface area contributed by atoms with Crippen LogP contribution in [0.15, 0.2) is 22.7 Å². The van der Waals surface area contributed by atoms with Crippen LogP contribution >= 0.6 is 15.9 Å². The Hall–Kier alpha value is -0.910. The van der Waals surface area contributed by atoms with Crippen molar-refractivity contribution in [2.75, 3.05) is 6.61 Å². The molecule has 1 aromatic rings. The third kappa shape index (κ3) is 6.71. The minimum absolute atomic E-state index is 0.218. The second-order valence-corrected chi connectivity index (χ2v) is 4.90. The van der Waals surface area contributed by atoms with E-state index in [-0.39, 0.29) is 10.2 Å². The molecule has 0 spiro atoms. The highest BCUT2D eigenvalue weighted by Crippen LogP contribution is 2.33. The number of ether oxygens (including phenoxy) is 2. The van der Waals surface area contributed by atoms with Crippen LogP contribution in [0.4, 0.5) is 13.2 Å². The van der Waals surface area contributed by atoms with Crippen molar-refractivity contribution in [1.82, 2.24) is 0 Å². The summed E-state index contributed by atoms with van der Waals surface area (Å²) in [5, 5.41) is 0. The zero-order chi connectivity index (χ0) is 14.3. The predicted molar refractivity (Wildman–Crippen MR) is 70.5 cm³/mol. The Kier molecular flexibility index (Phi) is 6.48. The van der Waals surface area contributed by atoms with Crippen LogP contribution < -0.4 is 9.47 Å². The topological polar surface area (TPSA) is 18.5 Å². The fourth-order valence-corrected chi connectivity index (χ4v) is 1.94. The van der Waals surface area contributed by atoms with E-state index in [9.17, 15) is 13.2 Å². The maximum absolute atomic E-state index is 12.1. The minimum atomic E-state index is -4.69. The molecule has 0 atom stereocenters. The van der Waals surface area contributed by atoms with Gasteiger partial charge in [-0.2, -0.15) is 0 Å². The molecule has 6 heteroatoms. The molecule has 1 aromatic carbocycles. The average Bonchev–Trinajstić information content (AvgIpc) is 2.31. The van der Waals surface area contributed by atoms with Crippen molar-refractivity contribution < 1.29 is 22.6 Å². The Labute approximate surface area is 119 Å². The summed E-state index contributed by atoms with van der Waals surface area (Å²) < 4.78 is 45.7. The molecule has 0 unspecified atom stereocenters. The molecule has 0 bridgehead atoms. The smallest absolute Gasteiger partial charge is 0.494 e. The Morgan fingerprint density at radius 3 is 2.47 bits per heavy atom. The van der Waals surface area contributed by atoms with E-state index in [0.29, 0.717) is 12.4 Å². The molecular formula is C13H16BrF3O2. The molecule has 0 fully saturated rings. The quantitative estimate of drug-likeness (QED) is 0.626. The third-order valence-corrected chi connectivity index (χ3v) is 3.02. The summed E-state index contributed by atoms with van der Waals surface area (Å²) in [6.45, 7) is 2.68. The number of hydrogen-bond donors (Lipinski definition) is 0. The van der Waals surface area contributed by atoms with E-state index in [4.69, 9.17) is 4.74 Å². The molecule has 0 heterocycles. The van der Waals surface area contributed by atoms with Gasteiger partial charge in [0.1, 0.15) is 11.5 Å². The SMILES string of the molecule is CCCCCCOc1ccc(OC(F)(F)F)c(Br)c1. The number of unbranched alkanes of at least 4 members (excludes halogenated alkanes) is 3. The van der Waals surface area contributed by atoms with Crippen LogP contribution in [0.5, 0.6) is 11.5 Å². The first kappa shape index (κ1) is 16.1. The Balaban J connectivity index is 2.47. The Morgan fingerprint density at radius 2 is 1.89 bits per heavy atom. The molecule has 2 nitrogen and oxygen atoms in total. The fourth-order valence-electron chi connectivity index (χ4n) is 1.50. The first-order chi connectivity index (χ1) is 8.92. The largest absolute Gasteiger partial charge is 0.573 e. The molecule has 0 N–H and O–H groups in total. The second kappa shape index (κ2) is 7.62. The molecule has 1 rings (SSSR count). The molecule has 108 valence electrons. The van der Waals surface area contributed by atoms with Crippen LogP contribution in [0.1, 0.15) is 32.6 Å². The first-order valence-corrected chi connectivity index (χ1v) is 6.90. The van der Waals surface area contributed by atoms with Crippen LogP contribution in [0.25, 0.3) is 0 Å². The Morgan fingerprint density at radius 1 is 1.16 bits per heavy atom. The van der Waals surface area contributed by atoms with Crippen LogP contribution in [-0.4, -0.2) is 13.0 Å². The zero-order valence-corrected chi connectivity index (χ0v) is 12.2. The summed E-state index contributed by atoms with van der Waals surface area (Å²) in [6.07, 6.45) is -0.356. The van der Waals surface area contributed by atoms with E-state index in [1.165, 1.54) is 18.2 Å². The molecule has 0 aromatic heterocycles. The number of rotatable bonds is 7. The number of hydrogen-bond acceptors (Lipinski definition) is 2. The van der Waals surface area contributed by atoms with Crippen molar-refractivity contribution in [2.45, 2.75) is 39.0 Å². The maximum Gasteiger partial charge on any atom is 0.573 e. The van der Waals surface area contributed by atoms with Crippen molar-refractivity contribution in [2.24, 2.45) is 0 Å². The van der Waals surface area contributed by atoms with E-state index in [0.717, 1.165) is 25.7 Å². The standard InChI is InChI=1S/C13H16BrF3O2/c1-2-3-4-5-8-18-10-6-7-12(11(14)9-10)19-13(15,16)17/h6-7,9H,2-5,8H2,1H3. The lowest BCUT2D eigenvalue weighted by atomic mass is 10.2. The number of alkyl halides is 3. The van der Waals surface area contributed by atoms with Gasteiger partial charge in [-0.3, -0.25) is 0 Å². The Bertz CT molecular complexity index is 394. The van der Waals surface area contributed by atoms with Crippen molar-refractivity contribution in [3.05, 3.63) is 22.7 Å². The first-order valence-electron chi connectivity index (χ1n) is 6.10. The monoisotopic (exact) mass is 340 g/mol. The van der Waals surface area contributed by atoms with E-state index < -0.39 is 6.36 Å². The lowest BCUT2D eigenvalue weighted by Gasteiger charge is -2.12. The molecule has 0 radical (unpaired) electrons. The van der Waals surface area contributed by atoms with Gasteiger partial charge in [0.15, 0.2) is 0 Å². The summed E-state index contributed by atoms with van der Waals surface area (Å²) in [5.74, 6) is 0.253. The van der Waals surface area contributed by atoms with Gasteiger partial charge in [0.25, 0.3) is 0 Å². The number of halogens is 4. The average molecular weight is 341 g/mol. The summed E-state index contributed by atoms with van der Waals surface area (Å²) in [4.78, 5) is 0. The second-order valence-electron chi connectivity index (χ2n) is 4.05. The number of benzene rings is 1. The van der Waals surface area contributed by atoms with Gasteiger partial charge in [-0.05, 0) is 40.5 Å². The van der Waals surface area contributed by atoms with Gasteiger partial charge in [0.2, 0.25) is 0 Å². The van der Waals surface area contributed by atoms with E-state index in [1.54, 1.807) is 0 Å². The molecule has 0 aliphatic carbocycles.